The third-order valence-electron chi connectivity index (χ3n) is 2.84. The highest BCUT2D eigenvalue weighted by atomic mass is 32.2. The van der Waals surface area contributed by atoms with Crippen molar-refractivity contribution in [3.63, 3.8) is 0 Å². The first-order valence-corrected chi connectivity index (χ1v) is 8.32. The predicted molar refractivity (Wildman–Crippen MR) is 82.6 cm³/mol. The zero-order valence-corrected chi connectivity index (χ0v) is 13.5. The van der Waals surface area contributed by atoms with Crippen molar-refractivity contribution >= 4 is 21.4 Å². The smallest absolute Gasteiger partial charge is 0.320 e. The van der Waals surface area contributed by atoms with Crippen molar-refractivity contribution in [2.45, 2.75) is 4.90 Å². The number of benzene rings is 1. The molecule has 23 heavy (non-hydrogen) atoms. The summed E-state index contributed by atoms with van der Waals surface area (Å²) in [7, 11) is -0.736. The number of ether oxygens (including phenoxy) is 2. The fourth-order valence-electron chi connectivity index (χ4n) is 1.80. The number of aromatic nitrogens is 2. The molecular formula is C14H15N3O5S. The van der Waals surface area contributed by atoms with Gasteiger partial charge in [0, 0.05) is 12.3 Å². The summed E-state index contributed by atoms with van der Waals surface area (Å²) >= 11 is 0. The lowest BCUT2D eigenvalue weighted by atomic mass is 10.3. The molecule has 0 unspecified atom stereocenters. The van der Waals surface area contributed by atoms with Crippen LogP contribution in [-0.2, 0) is 9.84 Å². The summed E-state index contributed by atoms with van der Waals surface area (Å²) in [6.07, 6.45) is 1.06. The largest absolute Gasteiger partial charge is 0.481 e. The maximum atomic E-state index is 12.3. The Morgan fingerprint density at radius 1 is 1.13 bits per heavy atom. The van der Waals surface area contributed by atoms with Crippen LogP contribution in [0.1, 0.15) is 10.5 Å². The topological polar surface area (TPSA) is 107 Å². The van der Waals surface area contributed by atoms with Gasteiger partial charge in [0.1, 0.15) is 5.69 Å². The van der Waals surface area contributed by atoms with E-state index >= 15 is 0 Å². The summed E-state index contributed by atoms with van der Waals surface area (Å²) < 4.78 is 33.4. The Morgan fingerprint density at radius 2 is 1.83 bits per heavy atom. The summed E-state index contributed by atoms with van der Waals surface area (Å²) in [5.74, 6) is -0.460. The highest BCUT2D eigenvalue weighted by Crippen LogP contribution is 2.22. The number of amides is 1. The fraction of sp³-hybridized carbons (Fsp3) is 0.214. The molecule has 1 amide bonds. The monoisotopic (exact) mass is 337 g/mol. The molecule has 0 aliphatic carbocycles. The average Bonchev–Trinajstić information content (AvgIpc) is 2.53. The quantitative estimate of drug-likeness (QED) is 0.872. The van der Waals surface area contributed by atoms with E-state index in [-0.39, 0.29) is 28.2 Å². The number of nitrogens with zero attached hydrogens (tertiary/aromatic N) is 2. The first-order valence-electron chi connectivity index (χ1n) is 6.42. The average molecular weight is 337 g/mol. The van der Waals surface area contributed by atoms with Crippen LogP contribution in [0.4, 0.5) is 5.69 Å². The van der Waals surface area contributed by atoms with Crippen molar-refractivity contribution in [2.24, 2.45) is 0 Å². The molecular weight excluding hydrogens is 322 g/mol. The molecule has 2 aromatic rings. The van der Waals surface area contributed by atoms with Gasteiger partial charge >= 0.3 is 6.01 Å². The van der Waals surface area contributed by atoms with Gasteiger partial charge in [0.2, 0.25) is 5.88 Å². The van der Waals surface area contributed by atoms with E-state index < -0.39 is 15.7 Å². The van der Waals surface area contributed by atoms with E-state index in [2.05, 4.69) is 15.3 Å². The lowest BCUT2D eigenvalue weighted by Crippen LogP contribution is -2.16. The number of carbonyl (C=O) groups is 1. The van der Waals surface area contributed by atoms with Crippen LogP contribution in [-0.4, -0.2) is 44.8 Å². The SMILES string of the molecule is COc1cc(C(=O)Nc2ccccc2S(C)(=O)=O)nc(OC)n1. The van der Waals surface area contributed by atoms with E-state index in [9.17, 15) is 13.2 Å². The second-order valence-corrected chi connectivity index (χ2v) is 6.49. The van der Waals surface area contributed by atoms with Gasteiger partial charge in [-0.15, -0.1) is 0 Å². The number of para-hydroxylation sites is 1. The lowest BCUT2D eigenvalue weighted by Gasteiger charge is -2.10. The number of methoxy groups -OCH3 is 2. The minimum atomic E-state index is -3.48. The van der Waals surface area contributed by atoms with Crippen molar-refractivity contribution in [3.8, 4) is 11.9 Å². The molecule has 1 aromatic heterocycles. The van der Waals surface area contributed by atoms with Crippen LogP contribution >= 0.6 is 0 Å². The van der Waals surface area contributed by atoms with E-state index in [1.165, 1.54) is 32.4 Å². The number of sulfone groups is 1. The molecule has 0 saturated carbocycles. The second kappa shape index (κ2) is 6.61. The Bertz CT molecular complexity index is 814. The number of rotatable bonds is 5. The van der Waals surface area contributed by atoms with E-state index in [0.717, 1.165) is 6.26 Å². The Balaban J connectivity index is 2.37. The van der Waals surface area contributed by atoms with Gasteiger partial charge in [0.15, 0.2) is 9.84 Å². The van der Waals surface area contributed by atoms with Gasteiger partial charge < -0.3 is 14.8 Å². The third kappa shape index (κ3) is 3.95. The standard InChI is InChI=1S/C14H15N3O5S/c1-21-12-8-10(16-14(17-12)22-2)13(18)15-9-6-4-5-7-11(9)23(3,19)20/h4-8H,1-3H3,(H,15,18). The van der Waals surface area contributed by atoms with Gasteiger partial charge in [-0.05, 0) is 12.1 Å². The van der Waals surface area contributed by atoms with Gasteiger partial charge in [-0.1, -0.05) is 12.1 Å². The molecule has 0 bridgehead atoms. The number of carbonyl (C=O) groups excluding carboxylic acids is 1. The van der Waals surface area contributed by atoms with Crippen LogP contribution in [0.15, 0.2) is 35.2 Å². The van der Waals surface area contributed by atoms with Gasteiger partial charge in [0.25, 0.3) is 5.91 Å². The molecule has 0 spiro atoms. The number of hydrogen-bond donors (Lipinski definition) is 1. The third-order valence-corrected chi connectivity index (χ3v) is 4.00. The molecule has 0 aliphatic rings. The molecule has 0 saturated heterocycles. The molecule has 1 heterocycles. The molecule has 0 radical (unpaired) electrons. The highest BCUT2D eigenvalue weighted by molar-refractivity contribution is 7.90. The summed E-state index contributed by atoms with van der Waals surface area (Å²) in [6.45, 7) is 0. The zero-order valence-electron chi connectivity index (χ0n) is 12.7. The maximum Gasteiger partial charge on any atom is 0.320 e. The van der Waals surface area contributed by atoms with Crippen molar-refractivity contribution in [1.82, 2.24) is 9.97 Å². The predicted octanol–water partition coefficient (Wildman–Crippen LogP) is 1.15. The molecule has 0 fully saturated rings. The minimum absolute atomic E-state index is 0.0151. The fourth-order valence-corrected chi connectivity index (χ4v) is 2.64. The number of anilines is 1. The summed E-state index contributed by atoms with van der Waals surface area (Å²) in [5, 5.41) is 2.52. The Kier molecular flexibility index (Phi) is 4.80. The van der Waals surface area contributed by atoms with Crippen LogP contribution in [0, 0.1) is 0 Å². The summed E-state index contributed by atoms with van der Waals surface area (Å²) in [4.78, 5) is 20.1. The number of hydrogen-bond acceptors (Lipinski definition) is 7. The van der Waals surface area contributed by atoms with Crippen LogP contribution in [0.2, 0.25) is 0 Å². The Hall–Kier alpha value is -2.68. The molecule has 2 rings (SSSR count). The van der Waals surface area contributed by atoms with Crippen molar-refractivity contribution in [2.75, 3.05) is 25.8 Å². The summed E-state index contributed by atoms with van der Waals surface area (Å²) in [6, 6.07) is 7.37. The molecule has 1 aromatic carbocycles. The first-order chi connectivity index (χ1) is 10.8. The van der Waals surface area contributed by atoms with Crippen LogP contribution in [0.5, 0.6) is 11.9 Å². The van der Waals surface area contributed by atoms with E-state index in [4.69, 9.17) is 9.47 Å². The number of nitrogens with one attached hydrogen (secondary N) is 1. The van der Waals surface area contributed by atoms with E-state index in [1.807, 2.05) is 0 Å². The van der Waals surface area contributed by atoms with Crippen LogP contribution in [0.3, 0.4) is 0 Å². The lowest BCUT2D eigenvalue weighted by molar-refractivity contribution is 0.102. The van der Waals surface area contributed by atoms with Crippen molar-refractivity contribution < 1.29 is 22.7 Å². The highest BCUT2D eigenvalue weighted by Gasteiger charge is 2.17. The van der Waals surface area contributed by atoms with Crippen LogP contribution in [0.25, 0.3) is 0 Å². The first kappa shape index (κ1) is 16.7. The maximum absolute atomic E-state index is 12.3. The second-order valence-electron chi connectivity index (χ2n) is 4.50. The van der Waals surface area contributed by atoms with Gasteiger partial charge in [-0.2, -0.15) is 9.97 Å². The minimum Gasteiger partial charge on any atom is -0.481 e. The van der Waals surface area contributed by atoms with Crippen molar-refractivity contribution in [1.29, 1.82) is 0 Å². The summed E-state index contributed by atoms with van der Waals surface area (Å²) in [5.41, 5.74) is 0.147. The molecule has 0 aliphatic heterocycles. The molecule has 1 N–H and O–H groups in total. The van der Waals surface area contributed by atoms with Crippen LogP contribution < -0.4 is 14.8 Å². The van der Waals surface area contributed by atoms with Gasteiger partial charge in [-0.25, -0.2) is 8.42 Å². The molecule has 0 atom stereocenters. The van der Waals surface area contributed by atoms with Gasteiger partial charge in [-0.3, -0.25) is 4.79 Å². The van der Waals surface area contributed by atoms with E-state index in [0.29, 0.717) is 0 Å². The van der Waals surface area contributed by atoms with Gasteiger partial charge in [0.05, 0.1) is 24.8 Å². The molecule has 8 nitrogen and oxygen atoms in total. The normalized spacial score (nSPS) is 10.9. The van der Waals surface area contributed by atoms with E-state index in [1.54, 1.807) is 12.1 Å². The Labute approximate surface area is 133 Å². The zero-order chi connectivity index (χ0) is 17.0. The molecule has 122 valence electrons. The van der Waals surface area contributed by atoms with Crippen molar-refractivity contribution in [3.05, 3.63) is 36.0 Å². The molecule has 9 heteroatoms. The Morgan fingerprint density at radius 3 is 2.43 bits per heavy atom.